The predicted octanol–water partition coefficient (Wildman–Crippen LogP) is 5.53. The number of nitrogens with zero attached hydrogens (tertiary/aromatic N) is 2. The lowest BCUT2D eigenvalue weighted by molar-refractivity contribution is -0.192. The fourth-order valence-corrected chi connectivity index (χ4v) is 6.27. The first kappa shape index (κ1) is 33.2. The van der Waals surface area contributed by atoms with Crippen LogP contribution in [0, 0.1) is 19.8 Å². The molecule has 42 heavy (non-hydrogen) atoms. The number of benzene rings is 2. The number of piperidine rings is 2. The molecule has 2 aromatic carbocycles. The Labute approximate surface area is 244 Å². The van der Waals surface area contributed by atoms with Gasteiger partial charge in [0, 0.05) is 13.1 Å². The van der Waals surface area contributed by atoms with Gasteiger partial charge in [0.25, 0.3) is 10.0 Å². The lowest BCUT2D eigenvalue weighted by Crippen LogP contribution is -2.36. The molecular formula is C29H38F3N3O6S. The van der Waals surface area contributed by atoms with Crippen LogP contribution in [0.3, 0.4) is 0 Å². The molecule has 9 nitrogen and oxygen atoms in total. The van der Waals surface area contributed by atoms with E-state index in [4.69, 9.17) is 9.90 Å². The third kappa shape index (κ3) is 9.35. The first-order valence-corrected chi connectivity index (χ1v) is 15.4. The predicted molar refractivity (Wildman–Crippen MR) is 154 cm³/mol. The molecule has 3 N–H and O–H groups in total. The van der Waals surface area contributed by atoms with E-state index >= 15 is 0 Å². The number of carboxylic acids is 2. The number of hydrogen-bond acceptors (Lipinski definition) is 6. The Balaban J connectivity index is 0.000000616. The molecule has 0 saturated carbocycles. The molecule has 2 aliphatic heterocycles. The van der Waals surface area contributed by atoms with Crippen molar-refractivity contribution in [1.29, 1.82) is 0 Å². The van der Waals surface area contributed by atoms with Crippen LogP contribution in [0.1, 0.15) is 60.0 Å². The minimum atomic E-state index is -5.08. The number of alkyl halides is 3. The van der Waals surface area contributed by atoms with Crippen LogP contribution >= 0.6 is 0 Å². The van der Waals surface area contributed by atoms with Crippen LogP contribution in [0.15, 0.2) is 41.3 Å². The number of halogens is 3. The number of nitrogens with one attached hydrogen (secondary N) is 1. The summed E-state index contributed by atoms with van der Waals surface area (Å²) in [4.78, 5) is 25.4. The molecular weight excluding hydrogens is 575 g/mol. The summed E-state index contributed by atoms with van der Waals surface area (Å²) in [5.41, 5.74) is 3.01. The van der Waals surface area contributed by atoms with Crippen molar-refractivity contribution in [2.24, 2.45) is 5.92 Å². The number of sulfonamides is 1. The van der Waals surface area contributed by atoms with Crippen LogP contribution < -0.4 is 9.62 Å². The molecule has 0 aliphatic carbocycles. The Morgan fingerprint density at radius 1 is 0.929 bits per heavy atom. The van der Waals surface area contributed by atoms with Crippen molar-refractivity contribution >= 4 is 33.3 Å². The number of carboxylic acid groups (broad SMARTS) is 2. The Bertz CT molecular complexity index is 1350. The monoisotopic (exact) mass is 613 g/mol. The van der Waals surface area contributed by atoms with Gasteiger partial charge in [-0.05, 0) is 113 Å². The Kier molecular flexibility index (Phi) is 11.2. The van der Waals surface area contributed by atoms with E-state index in [1.165, 1.54) is 51.4 Å². The van der Waals surface area contributed by atoms with E-state index < -0.39 is 28.1 Å². The molecule has 0 unspecified atom stereocenters. The topological polar surface area (TPSA) is 127 Å². The van der Waals surface area contributed by atoms with E-state index in [0.717, 1.165) is 42.7 Å². The zero-order valence-corrected chi connectivity index (χ0v) is 24.6. The van der Waals surface area contributed by atoms with Gasteiger partial charge in [-0.1, -0.05) is 12.5 Å². The van der Waals surface area contributed by atoms with Crippen molar-refractivity contribution in [3.8, 4) is 0 Å². The summed E-state index contributed by atoms with van der Waals surface area (Å²) >= 11 is 0. The molecule has 4 rings (SSSR count). The third-order valence-electron chi connectivity index (χ3n) is 7.78. The Morgan fingerprint density at radius 2 is 1.55 bits per heavy atom. The largest absolute Gasteiger partial charge is 0.490 e. The van der Waals surface area contributed by atoms with Crippen molar-refractivity contribution in [1.82, 2.24) is 4.90 Å². The Hall–Kier alpha value is -3.32. The standard InChI is InChI=1S/C27H37N3O4S.C2HF3O2/c1-20-6-8-24(18-21(20)2)35(33,34)28-25-19-23(27(31)32)7-9-26(25)30-16-11-22(12-17-30)10-15-29-13-4-3-5-14-29;3-2(4,5)1(6)7/h6-9,18-19,22,28H,3-5,10-17H2,1-2H3,(H,31,32);(H,6,7). The maximum atomic E-state index is 13.2. The van der Waals surface area contributed by atoms with E-state index in [9.17, 15) is 31.5 Å². The molecule has 2 heterocycles. The lowest BCUT2D eigenvalue weighted by atomic mass is 9.92. The van der Waals surface area contributed by atoms with Crippen LogP contribution in [0.2, 0.25) is 0 Å². The SMILES string of the molecule is Cc1ccc(S(=O)(=O)Nc2cc(C(=O)O)ccc2N2CCC(CCN3CCCCC3)CC2)cc1C.O=C(O)C(F)(F)F. The van der Waals surface area contributed by atoms with Gasteiger partial charge in [0.05, 0.1) is 21.8 Å². The highest BCUT2D eigenvalue weighted by molar-refractivity contribution is 7.92. The highest BCUT2D eigenvalue weighted by Gasteiger charge is 2.38. The summed E-state index contributed by atoms with van der Waals surface area (Å²) < 4.78 is 60.8. The van der Waals surface area contributed by atoms with Crippen LogP contribution in [-0.2, 0) is 14.8 Å². The molecule has 13 heteroatoms. The first-order valence-electron chi connectivity index (χ1n) is 13.9. The van der Waals surface area contributed by atoms with Crippen LogP contribution in [0.5, 0.6) is 0 Å². The van der Waals surface area contributed by atoms with Gasteiger partial charge in [0.15, 0.2) is 0 Å². The molecule has 2 fully saturated rings. The van der Waals surface area contributed by atoms with Crippen LogP contribution in [0.4, 0.5) is 24.5 Å². The molecule has 2 saturated heterocycles. The van der Waals surface area contributed by atoms with E-state index in [2.05, 4.69) is 14.5 Å². The van der Waals surface area contributed by atoms with E-state index in [1.807, 2.05) is 13.8 Å². The first-order chi connectivity index (χ1) is 19.7. The van der Waals surface area contributed by atoms with Crippen molar-refractivity contribution in [3.63, 3.8) is 0 Å². The van der Waals surface area contributed by atoms with Gasteiger partial charge in [-0.2, -0.15) is 13.2 Å². The fourth-order valence-electron chi connectivity index (χ4n) is 5.12. The van der Waals surface area contributed by atoms with Gasteiger partial charge in [-0.25, -0.2) is 18.0 Å². The lowest BCUT2D eigenvalue weighted by Gasteiger charge is -2.36. The molecule has 2 aliphatic rings. The third-order valence-corrected chi connectivity index (χ3v) is 9.14. The molecule has 0 bridgehead atoms. The number of aliphatic carboxylic acids is 1. The number of aryl methyl sites for hydroxylation is 2. The maximum absolute atomic E-state index is 13.2. The van der Waals surface area contributed by atoms with Crippen molar-refractivity contribution in [2.45, 2.75) is 63.4 Å². The van der Waals surface area contributed by atoms with E-state index in [0.29, 0.717) is 11.6 Å². The summed E-state index contributed by atoms with van der Waals surface area (Å²) in [5.74, 6) is -3.17. The van der Waals surface area contributed by atoms with E-state index in [1.54, 1.807) is 30.3 Å². The molecule has 0 aromatic heterocycles. The van der Waals surface area contributed by atoms with Crippen LogP contribution in [0.25, 0.3) is 0 Å². The average Bonchev–Trinajstić information content (AvgIpc) is 2.94. The summed E-state index contributed by atoms with van der Waals surface area (Å²) in [7, 11) is -3.86. The minimum absolute atomic E-state index is 0.0583. The van der Waals surface area contributed by atoms with Gasteiger partial charge < -0.3 is 20.0 Å². The number of likely N-dealkylation sites (tertiary alicyclic amines) is 1. The quantitative estimate of drug-likeness (QED) is 0.355. The van der Waals surface area contributed by atoms with Crippen molar-refractivity contribution in [3.05, 3.63) is 53.1 Å². The van der Waals surface area contributed by atoms with Crippen molar-refractivity contribution < 1.29 is 41.4 Å². The highest BCUT2D eigenvalue weighted by Crippen LogP contribution is 2.33. The van der Waals surface area contributed by atoms with Gasteiger partial charge >= 0.3 is 18.1 Å². The van der Waals surface area contributed by atoms with E-state index in [-0.39, 0.29) is 10.5 Å². The number of aromatic carboxylic acids is 1. The normalized spacial score (nSPS) is 16.8. The number of carbonyl (C=O) groups is 2. The molecule has 2 aromatic rings. The summed E-state index contributed by atoms with van der Waals surface area (Å²) in [5, 5.41) is 16.6. The van der Waals surface area contributed by atoms with Gasteiger partial charge in [0.2, 0.25) is 0 Å². The number of hydrogen-bond donors (Lipinski definition) is 3. The van der Waals surface area contributed by atoms with Crippen LogP contribution in [-0.4, -0.2) is 74.4 Å². The van der Waals surface area contributed by atoms with Gasteiger partial charge in [0.1, 0.15) is 0 Å². The second-order valence-electron chi connectivity index (χ2n) is 10.8. The van der Waals surface area contributed by atoms with Gasteiger partial charge in [-0.3, -0.25) is 4.72 Å². The number of anilines is 2. The van der Waals surface area contributed by atoms with Gasteiger partial charge in [-0.15, -0.1) is 0 Å². The maximum Gasteiger partial charge on any atom is 0.490 e. The summed E-state index contributed by atoms with van der Waals surface area (Å²) in [6.07, 6.45) is 2.20. The molecule has 0 amide bonds. The highest BCUT2D eigenvalue weighted by atomic mass is 32.2. The zero-order valence-electron chi connectivity index (χ0n) is 23.8. The zero-order chi connectivity index (χ0) is 31.1. The smallest absolute Gasteiger partial charge is 0.478 e. The molecule has 232 valence electrons. The molecule has 0 radical (unpaired) electrons. The fraction of sp³-hybridized carbons (Fsp3) is 0.517. The summed E-state index contributed by atoms with van der Waals surface area (Å²) in [6, 6.07) is 9.72. The number of rotatable bonds is 8. The second-order valence-corrected chi connectivity index (χ2v) is 12.5. The summed E-state index contributed by atoms with van der Waals surface area (Å²) in [6.45, 7) is 9.07. The second kappa shape index (κ2) is 14.2. The average molecular weight is 614 g/mol. The molecule has 0 atom stereocenters. The van der Waals surface area contributed by atoms with Crippen molar-refractivity contribution in [2.75, 3.05) is 42.3 Å². The minimum Gasteiger partial charge on any atom is -0.478 e. The Morgan fingerprint density at radius 3 is 2.10 bits per heavy atom. The molecule has 0 spiro atoms.